The molecule has 0 bridgehead atoms. The molecule has 0 fully saturated rings. The summed E-state index contributed by atoms with van der Waals surface area (Å²) in [6.07, 6.45) is 0. The first kappa shape index (κ1) is 12.3. The monoisotopic (exact) mass is 262 g/mol. The Bertz CT molecular complexity index is 671. The van der Waals surface area contributed by atoms with Crippen LogP contribution in [-0.2, 0) is 0 Å². The molecule has 3 rings (SSSR count). The maximum absolute atomic E-state index is 9.38. The second-order valence-electron chi connectivity index (χ2n) is 4.55. The molecule has 4 heteroatoms. The Morgan fingerprint density at radius 2 is 1.60 bits per heavy atom. The number of hydrogen-bond acceptors (Lipinski definition) is 4. The lowest BCUT2D eigenvalue weighted by Crippen LogP contribution is -2.35. The summed E-state index contributed by atoms with van der Waals surface area (Å²) in [4.78, 5) is 0. The zero-order valence-corrected chi connectivity index (χ0v) is 10.8. The minimum absolute atomic E-state index is 0.207. The van der Waals surface area contributed by atoms with Crippen molar-refractivity contribution in [2.75, 3.05) is 5.01 Å². The van der Waals surface area contributed by atoms with Crippen molar-refractivity contribution in [2.45, 2.75) is 6.04 Å². The predicted molar refractivity (Wildman–Crippen MR) is 78.1 cm³/mol. The molecule has 98 valence electrons. The Labute approximate surface area is 117 Å². The van der Waals surface area contributed by atoms with Gasteiger partial charge in [0.2, 0.25) is 0 Å². The minimum Gasteiger partial charge on any atom is -0.383 e. The van der Waals surface area contributed by atoms with Gasteiger partial charge in [0.25, 0.3) is 0 Å². The van der Waals surface area contributed by atoms with E-state index >= 15 is 0 Å². The molecule has 0 aromatic heterocycles. The first-order valence-electron chi connectivity index (χ1n) is 6.37. The van der Waals surface area contributed by atoms with Crippen LogP contribution >= 0.6 is 0 Å². The molecule has 1 unspecified atom stereocenters. The van der Waals surface area contributed by atoms with Gasteiger partial charge in [-0.3, -0.25) is 5.01 Å². The number of benzene rings is 2. The number of nitrogens with one attached hydrogen (secondary N) is 1. The fourth-order valence-corrected chi connectivity index (χ4v) is 2.33. The van der Waals surface area contributed by atoms with E-state index in [0.29, 0.717) is 11.4 Å². The summed E-state index contributed by atoms with van der Waals surface area (Å²) < 4.78 is 0. The summed E-state index contributed by atoms with van der Waals surface area (Å²) in [5.74, 6) is 0.451. The second-order valence-corrected chi connectivity index (χ2v) is 4.55. The average Bonchev–Trinajstić information content (AvgIpc) is 2.86. The molecule has 2 aromatic carbocycles. The highest BCUT2D eigenvalue weighted by molar-refractivity contribution is 5.57. The van der Waals surface area contributed by atoms with Crippen LogP contribution in [0.4, 0.5) is 5.69 Å². The molecule has 1 heterocycles. The van der Waals surface area contributed by atoms with Crippen molar-refractivity contribution in [2.24, 2.45) is 5.73 Å². The normalized spacial score (nSPS) is 18.1. The van der Waals surface area contributed by atoms with E-state index in [-0.39, 0.29) is 6.04 Å². The van der Waals surface area contributed by atoms with Gasteiger partial charge in [-0.05, 0) is 17.7 Å². The van der Waals surface area contributed by atoms with Gasteiger partial charge in [0.05, 0.1) is 17.3 Å². The third-order valence-electron chi connectivity index (χ3n) is 3.33. The zero-order chi connectivity index (χ0) is 13.9. The van der Waals surface area contributed by atoms with Crippen LogP contribution in [-0.4, -0.2) is 0 Å². The van der Waals surface area contributed by atoms with Gasteiger partial charge in [0, 0.05) is 0 Å². The van der Waals surface area contributed by atoms with Crippen LogP contribution in [0.1, 0.15) is 11.6 Å². The van der Waals surface area contributed by atoms with E-state index in [4.69, 9.17) is 5.73 Å². The summed E-state index contributed by atoms with van der Waals surface area (Å²) in [6.45, 7) is 0. The molecule has 20 heavy (non-hydrogen) atoms. The van der Waals surface area contributed by atoms with E-state index in [9.17, 15) is 5.26 Å². The van der Waals surface area contributed by atoms with Crippen LogP contribution in [0.15, 0.2) is 72.1 Å². The van der Waals surface area contributed by atoms with Crippen molar-refractivity contribution >= 4 is 5.69 Å². The van der Waals surface area contributed by atoms with Crippen molar-refractivity contribution < 1.29 is 0 Å². The molecular formula is C16H14N4. The van der Waals surface area contributed by atoms with Gasteiger partial charge in [-0.25, -0.2) is 5.43 Å². The van der Waals surface area contributed by atoms with Crippen LogP contribution in [0, 0.1) is 11.3 Å². The summed E-state index contributed by atoms with van der Waals surface area (Å²) in [6, 6.07) is 21.5. The van der Waals surface area contributed by atoms with Gasteiger partial charge >= 0.3 is 0 Å². The van der Waals surface area contributed by atoms with Gasteiger partial charge in [0.15, 0.2) is 0 Å². The molecule has 1 atom stereocenters. The predicted octanol–water partition coefficient (Wildman–Crippen LogP) is 2.45. The molecule has 2 aromatic rings. The Morgan fingerprint density at radius 3 is 2.20 bits per heavy atom. The number of hydrazine groups is 1. The molecule has 0 radical (unpaired) electrons. The Hall–Kier alpha value is -2.77. The van der Waals surface area contributed by atoms with Gasteiger partial charge in [-0.2, -0.15) is 5.26 Å². The number of rotatable bonds is 2. The van der Waals surface area contributed by atoms with E-state index < -0.39 is 0 Å². The van der Waals surface area contributed by atoms with E-state index in [1.165, 1.54) is 0 Å². The third kappa shape index (κ3) is 2.00. The summed E-state index contributed by atoms with van der Waals surface area (Å²) in [5.41, 5.74) is 11.9. The molecule has 4 nitrogen and oxygen atoms in total. The van der Waals surface area contributed by atoms with Crippen molar-refractivity contribution in [3.63, 3.8) is 0 Å². The van der Waals surface area contributed by atoms with Crippen LogP contribution in [0.5, 0.6) is 0 Å². The number of hydrogen-bond donors (Lipinski definition) is 2. The standard InChI is InChI=1S/C16H14N4/c17-11-14-15(12-7-3-1-4-8-12)19-20(16(14)18)13-9-5-2-6-10-13/h1-10,15,19H,18H2. The van der Waals surface area contributed by atoms with Gasteiger partial charge in [0.1, 0.15) is 11.9 Å². The zero-order valence-electron chi connectivity index (χ0n) is 10.8. The SMILES string of the molecule is N#CC1=C(N)N(c2ccccc2)NC1c1ccccc1. The quantitative estimate of drug-likeness (QED) is 0.872. The Kier molecular flexibility index (Phi) is 3.12. The molecule has 0 saturated heterocycles. The molecular weight excluding hydrogens is 248 g/mol. The first-order chi connectivity index (χ1) is 9.81. The molecule has 0 amide bonds. The van der Waals surface area contributed by atoms with Crippen molar-refractivity contribution in [3.05, 3.63) is 77.6 Å². The number of nitriles is 1. The van der Waals surface area contributed by atoms with E-state index in [1.807, 2.05) is 60.7 Å². The Balaban J connectivity index is 2.00. The molecule has 0 aliphatic carbocycles. The lowest BCUT2D eigenvalue weighted by Gasteiger charge is -2.21. The van der Waals surface area contributed by atoms with E-state index in [0.717, 1.165) is 11.3 Å². The van der Waals surface area contributed by atoms with Crippen LogP contribution < -0.4 is 16.2 Å². The first-order valence-corrected chi connectivity index (χ1v) is 6.37. The highest BCUT2D eigenvalue weighted by Crippen LogP contribution is 2.32. The number of anilines is 1. The molecule has 1 aliphatic heterocycles. The fraction of sp³-hybridized carbons (Fsp3) is 0.0625. The smallest absolute Gasteiger partial charge is 0.134 e. The molecule has 0 spiro atoms. The molecule has 0 saturated carbocycles. The lowest BCUT2D eigenvalue weighted by molar-refractivity contribution is 0.653. The maximum atomic E-state index is 9.38. The highest BCUT2D eigenvalue weighted by atomic mass is 15.6. The third-order valence-corrected chi connectivity index (χ3v) is 3.33. The fourth-order valence-electron chi connectivity index (χ4n) is 2.33. The topological polar surface area (TPSA) is 65.1 Å². The number of nitrogens with two attached hydrogens (primary N) is 1. The van der Waals surface area contributed by atoms with Gasteiger partial charge in [-0.1, -0.05) is 48.5 Å². The van der Waals surface area contributed by atoms with Crippen molar-refractivity contribution in [1.82, 2.24) is 5.43 Å². The lowest BCUT2D eigenvalue weighted by atomic mass is 10.0. The van der Waals surface area contributed by atoms with Gasteiger partial charge in [-0.15, -0.1) is 0 Å². The van der Waals surface area contributed by atoms with Crippen molar-refractivity contribution in [3.8, 4) is 6.07 Å². The second kappa shape index (κ2) is 5.08. The minimum atomic E-state index is -0.207. The molecule has 3 N–H and O–H groups in total. The van der Waals surface area contributed by atoms with Crippen molar-refractivity contribution in [1.29, 1.82) is 5.26 Å². The largest absolute Gasteiger partial charge is 0.383 e. The highest BCUT2D eigenvalue weighted by Gasteiger charge is 2.31. The average molecular weight is 262 g/mol. The summed E-state index contributed by atoms with van der Waals surface area (Å²) in [7, 11) is 0. The van der Waals surface area contributed by atoms with E-state index in [1.54, 1.807) is 5.01 Å². The summed E-state index contributed by atoms with van der Waals surface area (Å²) >= 11 is 0. The van der Waals surface area contributed by atoms with Gasteiger partial charge < -0.3 is 5.73 Å². The maximum Gasteiger partial charge on any atom is 0.134 e. The number of nitrogens with zero attached hydrogens (tertiary/aromatic N) is 2. The van der Waals surface area contributed by atoms with Crippen LogP contribution in [0.3, 0.4) is 0 Å². The number of para-hydroxylation sites is 1. The molecule has 1 aliphatic rings. The Morgan fingerprint density at radius 1 is 1.00 bits per heavy atom. The van der Waals surface area contributed by atoms with Crippen LogP contribution in [0.2, 0.25) is 0 Å². The van der Waals surface area contributed by atoms with E-state index in [2.05, 4.69) is 11.5 Å². The van der Waals surface area contributed by atoms with Crippen LogP contribution in [0.25, 0.3) is 0 Å². The summed E-state index contributed by atoms with van der Waals surface area (Å²) in [5, 5.41) is 11.1.